The molecule has 1 aliphatic rings. The van der Waals surface area contributed by atoms with Crippen LogP contribution in [0.15, 0.2) is 18.2 Å². The molecule has 0 bridgehead atoms. The summed E-state index contributed by atoms with van der Waals surface area (Å²) >= 11 is 5.83. The Labute approximate surface area is 101 Å². The Hall–Kier alpha value is -0.780. The summed E-state index contributed by atoms with van der Waals surface area (Å²) in [5.41, 5.74) is -1.40. The van der Waals surface area contributed by atoms with E-state index in [0.717, 1.165) is 12.1 Å². The lowest BCUT2D eigenvalue weighted by molar-refractivity contribution is -0.137. The van der Waals surface area contributed by atoms with Gasteiger partial charge in [0, 0.05) is 24.5 Å². The molecule has 94 valence electrons. The Morgan fingerprint density at radius 1 is 1.35 bits per heavy atom. The maximum atomic E-state index is 12.5. The fourth-order valence-corrected chi connectivity index (χ4v) is 1.96. The van der Waals surface area contributed by atoms with Crippen LogP contribution in [0.5, 0.6) is 0 Å². The number of benzene rings is 1. The predicted molar refractivity (Wildman–Crippen MR) is 58.0 cm³/mol. The highest BCUT2D eigenvalue weighted by molar-refractivity contribution is 6.31. The summed E-state index contributed by atoms with van der Waals surface area (Å²) in [4.78, 5) is 0. The molecule has 0 radical (unpaired) electrons. The van der Waals surface area contributed by atoms with Crippen molar-refractivity contribution in [1.82, 2.24) is 5.32 Å². The lowest BCUT2D eigenvalue weighted by Gasteiger charge is -2.38. The van der Waals surface area contributed by atoms with Crippen molar-refractivity contribution in [3.8, 4) is 0 Å². The van der Waals surface area contributed by atoms with Crippen LogP contribution in [0.4, 0.5) is 13.2 Å². The van der Waals surface area contributed by atoms with Crippen molar-refractivity contribution >= 4 is 11.6 Å². The smallest absolute Gasteiger partial charge is 0.387 e. The van der Waals surface area contributed by atoms with E-state index < -0.39 is 17.3 Å². The zero-order valence-corrected chi connectivity index (χ0v) is 9.57. The van der Waals surface area contributed by atoms with Gasteiger partial charge in [-0.05, 0) is 23.8 Å². The van der Waals surface area contributed by atoms with Crippen LogP contribution >= 0.6 is 11.6 Å². The van der Waals surface area contributed by atoms with Crippen molar-refractivity contribution in [1.29, 1.82) is 0 Å². The average molecular weight is 266 g/mol. The van der Waals surface area contributed by atoms with Gasteiger partial charge in [-0.1, -0.05) is 11.6 Å². The topological polar surface area (TPSA) is 32.3 Å². The van der Waals surface area contributed by atoms with Gasteiger partial charge in [0.05, 0.1) is 11.2 Å². The molecule has 17 heavy (non-hydrogen) atoms. The van der Waals surface area contributed by atoms with E-state index in [0.29, 0.717) is 18.7 Å². The maximum Gasteiger partial charge on any atom is 0.416 e. The average Bonchev–Trinajstić information content (AvgIpc) is 2.17. The molecule has 0 amide bonds. The molecular formula is C11H11ClF3NO. The molecule has 1 aromatic carbocycles. The van der Waals surface area contributed by atoms with E-state index in [1.807, 2.05) is 0 Å². The standard InChI is InChI=1S/C11H11ClF3NO/c12-9-2-1-8(11(13,14)15)3-7(9)4-10(17)5-16-6-10/h1-3,16-17H,4-6H2. The molecule has 0 aliphatic carbocycles. The minimum atomic E-state index is -4.39. The highest BCUT2D eigenvalue weighted by Gasteiger charge is 2.36. The van der Waals surface area contributed by atoms with Crippen LogP contribution in [-0.2, 0) is 12.6 Å². The zero-order valence-electron chi connectivity index (χ0n) is 8.81. The second-order valence-electron chi connectivity index (χ2n) is 4.31. The number of alkyl halides is 3. The molecule has 1 aliphatic heterocycles. The van der Waals surface area contributed by atoms with Crippen LogP contribution in [0, 0.1) is 0 Å². The molecule has 1 saturated heterocycles. The van der Waals surface area contributed by atoms with E-state index in [4.69, 9.17) is 11.6 Å². The van der Waals surface area contributed by atoms with Gasteiger partial charge < -0.3 is 10.4 Å². The van der Waals surface area contributed by atoms with E-state index in [-0.39, 0.29) is 11.4 Å². The first-order valence-corrected chi connectivity index (χ1v) is 5.47. The third-order valence-electron chi connectivity index (χ3n) is 2.80. The van der Waals surface area contributed by atoms with Gasteiger partial charge in [-0.15, -0.1) is 0 Å². The van der Waals surface area contributed by atoms with Gasteiger partial charge in [0.15, 0.2) is 0 Å². The summed E-state index contributed by atoms with van der Waals surface area (Å²) in [6, 6.07) is 3.16. The molecule has 1 heterocycles. The molecule has 2 nitrogen and oxygen atoms in total. The number of hydrogen-bond donors (Lipinski definition) is 2. The minimum absolute atomic E-state index is 0.128. The molecule has 2 rings (SSSR count). The van der Waals surface area contributed by atoms with E-state index in [2.05, 4.69) is 5.32 Å². The van der Waals surface area contributed by atoms with E-state index >= 15 is 0 Å². The molecule has 0 aromatic heterocycles. The second-order valence-corrected chi connectivity index (χ2v) is 4.72. The fraction of sp³-hybridized carbons (Fsp3) is 0.455. The first-order valence-electron chi connectivity index (χ1n) is 5.09. The van der Waals surface area contributed by atoms with Gasteiger partial charge in [-0.3, -0.25) is 0 Å². The SMILES string of the molecule is OC1(Cc2cc(C(F)(F)F)ccc2Cl)CNC1. The second kappa shape index (κ2) is 4.15. The van der Waals surface area contributed by atoms with Crippen LogP contribution in [0.1, 0.15) is 11.1 Å². The number of hydrogen-bond acceptors (Lipinski definition) is 2. The quantitative estimate of drug-likeness (QED) is 0.860. The van der Waals surface area contributed by atoms with Crippen molar-refractivity contribution in [3.63, 3.8) is 0 Å². The molecule has 0 atom stereocenters. The molecular weight excluding hydrogens is 255 g/mol. The summed E-state index contributed by atoms with van der Waals surface area (Å²) in [5, 5.41) is 13.0. The highest BCUT2D eigenvalue weighted by atomic mass is 35.5. The molecule has 0 saturated carbocycles. The maximum absolute atomic E-state index is 12.5. The molecule has 2 N–H and O–H groups in total. The van der Waals surface area contributed by atoms with Crippen LogP contribution < -0.4 is 5.32 Å². The normalized spacial score (nSPS) is 18.9. The molecule has 6 heteroatoms. The summed E-state index contributed by atoms with van der Waals surface area (Å²) in [6.45, 7) is 0.749. The number of aliphatic hydroxyl groups is 1. The first-order chi connectivity index (χ1) is 7.80. The fourth-order valence-electron chi connectivity index (χ4n) is 1.78. The molecule has 1 aromatic rings. The number of rotatable bonds is 2. The summed E-state index contributed by atoms with van der Waals surface area (Å²) < 4.78 is 37.5. The van der Waals surface area contributed by atoms with Crippen molar-refractivity contribution in [2.75, 3.05) is 13.1 Å². The highest BCUT2D eigenvalue weighted by Crippen LogP contribution is 2.33. The minimum Gasteiger partial charge on any atom is -0.387 e. The van der Waals surface area contributed by atoms with Gasteiger partial charge in [-0.25, -0.2) is 0 Å². The largest absolute Gasteiger partial charge is 0.416 e. The Balaban J connectivity index is 2.26. The van der Waals surface area contributed by atoms with Gasteiger partial charge in [0.25, 0.3) is 0 Å². The van der Waals surface area contributed by atoms with Crippen LogP contribution in [0.25, 0.3) is 0 Å². The summed E-state index contributed by atoms with van der Waals surface area (Å²) in [7, 11) is 0. The van der Waals surface area contributed by atoms with Crippen molar-refractivity contribution in [3.05, 3.63) is 34.3 Å². The number of nitrogens with one attached hydrogen (secondary N) is 1. The lowest BCUT2D eigenvalue weighted by Crippen LogP contribution is -2.60. The molecule has 1 fully saturated rings. The number of β-amino-alcohol motifs (C(OH)–C–C–N with tert-alkyl or cyclic N) is 1. The summed E-state index contributed by atoms with van der Waals surface area (Å²) in [5.74, 6) is 0. The van der Waals surface area contributed by atoms with E-state index in [9.17, 15) is 18.3 Å². The predicted octanol–water partition coefficient (Wildman–Crippen LogP) is 2.24. The number of halogens is 4. The van der Waals surface area contributed by atoms with Gasteiger partial charge >= 0.3 is 6.18 Å². The Kier molecular flexibility index (Phi) is 3.10. The van der Waals surface area contributed by atoms with E-state index in [1.165, 1.54) is 6.07 Å². The van der Waals surface area contributed by atoms with Gasteiger partial charge in [0.1, 0.15) is 0 Å². The Morgan fingerprint density at radius 3 is 2.47 bits per heavy atom. The monoisotopic (exact) mass is 265 g/mol. The van der Waals surface area contributed by atoms with Gasteiger partial charge in [0.2, 0.25) is 0 Å². The third-order valence-corrected chi connectivity index (χ3v) is 3.17. The van der Waals surface area contributed by atoms with Crippen molar-refractivity contribution in [2.45, 2.75) is 18.2 Å². The lowest BCUT2D eigenvalue weighted by atomic mass is 9.88. The van der Waals surface area contributed by atoms with Crippen LogP contribution in [0.2, 0.25) is 5.02 Å². The van der Waals surface area contributed by atoms with Crippen molar-refractivity contribution in [2.24, 2.45) is 0 Å². The third kappa shape index (κ3) is 2.73. The first kappa shape index (κ1) is 12.7. The van der Waals surface area contributed by atoms with Crippen molar-refractivity contribution < 1.29 is 18.3 Å². The van der Waals surface area contributed by atoms with Crippen LogP contribution in [0.3, 0.4) is 0 Å². The van der Waals surface area contributed by atoms with Crippen LogP contribution in [-0.4, -0.2) is 23.8 Å². The molecule has 0 unspecified atom stereocenters. The Bertz CT molecular complexity index is 429. The Morgan fingerprint density at radius 2 is 2.00 bits per heavy atom. The van der Waals surface area contributed by atoms with Gasteiger partial charge in [-0.2, -0.15) is 13.2 Å². The molecule has 0 spiro atoms. The van der Waals surface area contributed by atoms with E-state index in [1.54, 1.807) is 0 Å². The summed E-state index contributed by atoms with van der Waals surface area (Å²) in [6.07, 6.45) is -4.26. The zero-order chi connectivity index (χ0) is 12.7.